The average Bonchev–Trinajstić information content (AvgIpc) is 2.72. The normalized spacial score (nSPS) is 12.8. The fourth-order valence-electron chi connectivity index (χ4n) is 2.93. The predicted molar refractivity (Wildman–Crippen MR) is 145 cm³/mol. The SMILES string of the molecule is CSc1nc(N(CCO[Si](C)(C)C(C)(C)C)CC(=O)OC(C)(C)C)c2c(F)c(Cl)c(Br)c(F)c2n1. The molecule has 1 heterocycles. The lowest BCUT2D eigenvalue weighted by atomic mass is 10.2. The van der Waals surface area contributed by atoms with Gasteiger partial charge in [-0.1, -0.05) is 44.1 Å². The molecule has 0 saturated heterocycles. The molecule has 196 valence electrons. The number of hydrogen-bond acceptors (Lipinski definition) is 7. The van der Waals surface area contributed by atoms with E-state index >= 15 is 8.78 Å². The van der Waals surface area contributed by atoms with Crippen molar-refractivity contribution >= 4 is 70.3 Å². The maximum atomic E-state index is 15.4. The van der Waals surface area contributed by atoms with Crippen LogP contribution in [0.2, 0.25) is 23.2 Å². The molecule has 2 rings (SSSR count). The molecule has 0 spiro atoms. The van der Waals surface area contributed by atoms with E-state index in [4.69, 9.17) is 20.8 Å². The van der Waals surface area contributed by atoms with Gasteiger partial charge in [-0.25, -0.2) is 18.7 Å². The van der Waals surface area contributed by atoms with Crippen LogP contribution >= 0.6 is 39.3 Å². The van der Waals surface area contributed by atoms with Gasteiger partial charge in [0.15, 0.2) is 25.1 Å². The number of thioether (sulfide) groups is 1. The molecule has 0 aliphatic carbocycles. The number of halogens is 4. The van der Waals surface area contributed by atoms with Gasteiger partial charge < -0.3 is 14.1 Å². The molecule has 2 aromatic rings. The molecule has 0 amide bonds. The van der Waals surface area contributed by atoms with Crippen molar-refractivity contribution in [3.8, 4) is 0 Å². The molecule has 1 aromatic heterocycles. The third kappa shape index (κ3) is 7.27. The second-order valence-electron chi connectivity index (χ2n) is 10.6. The molecular weight excluding hydrogens is 580 g/mol. The predicted octanol–water partition coefficient (Wildman–Crippen LogP) is 7.22. The number of esters is 1. The third-order valence-electron chi connectivity index (χ3n) is 5.73. The van der Waals surface area contributed by atoms with E-state index in [-0.39, 0.29) is 51.1 Å². The molecule has 6 nitrogen and oxygen atoms in total. The number of carbonyl (C=O) groups is 1. The number of hydrogen-bond donors (Lipinski definition) is 0. The molecule has 0 aliphatic heterocycles. The van der Waals surface area contributed by atoms with Crippen molar-refractivity contribution < 1.29 is 22.7 Å². The Bertz CT molecular complexity index is 1110. The number of fused-ring (bicyclic) bond motifs is 1. The van der Waals surface area contributed by atoms with Crippen molar-refractivity contribution in [1.82, 2.24) is 9.97 Å². The van der Waals surface area contributed by atoms with E-state index in [0.29, 0.717) is 0 Å². The van der Waals surface area contributed by atoms with Crippen LogP contribution in [0, 0.1) is 11.6 Å². The van der Waals surface area contributed by atoms with Gasteiger partial charge in [-0.05, 0) is 61.1 Å². The van der Waals surface area contributed by atoms with Gasteiger partial charge in [-0.3, -0.25) is 4.79 Å². The van der Waals surface area contributed by atoms with Crippen LogP contribution < -0.4 is 4.90 Å². The van der Waals surface area contributed by atoms with E-state index in [2.05, 4.69) is 59.8 Å². The summed E-state index contributed by atoms with van der Waals surface area (Å²) >= 11 is 10.2. The summed E-state index contributed by atoms with van der Waals surface area (Å²) in [5.41, 5.74) is -0.947. The molecule has 12 heteroatoms. The van der Waals surface area contributed by atoms with Crippen LogP contribution in [0.1, 0.15) is 41.5 Å². The van der Waals surface area contributed by atoms with Crippen molar-refractivity contribution in [2.24, 2.45) is 0 Å². The van der Waals surface area contributed by atoms with Crippen LogP contribution in [0.4, 0.5) is 14.6 Å². The van der Waals surface area contributed by atoms with Crippen LogP contribution in [0.25, 0.3) is 10.9 Å². The highest BCUT2D eigenvalue weighted by atomic mass is 79.9. The molecule has 0 aliphatic rings. The minimum atomic E-state index is -2.10. The monoisotopic (exact) mass is 611 g/mol. The van der Waals surface area contributed by atoms with Gasteiger partial charge in [-0.2, -0.15) is 0 Å². The highest BCUT2D eigenvalue weighted by Gasteiger charge is 2.37. The molecule has 35 heavy (non-hydrogen) atoms. The standard InChI is InChI=1S/C23H33BrClF2N3O3SSi/c1-22(2,3)33-13(31)12-30(10-11-32-35(8,9)23(4,5)6)20-14-17(26)16(25)15(24)18(27)19(14)28-21(29-20)34-7/h10-12H2,1-9H3. The zero-order valence-electron chi connectivity index (χ0n) is 21.6. The average molecular weight is 613 g/mol. The number of rotatable bonds is 8. The second-order valence-corrected chi connectivity index (χ2v) is 17.4. The first-order valence-electron chi connectivity index (χ1n) is 11.1. The highest BCUT2D eigenvalue weighted by molar-refractivity contribution is 9.10. The van der Waals surface area contributed by atoms with E-state index < -0.39 is 36.5 Å². The van der Waals surface area contributed by atoms with Crippen molar-refractivity contribution in [3.63, 3.8) is 0 Å². The molecule has 0 fully saturated rings. The van der Waals surface area contributed by atoms with Crippen LogP contribution in [0.15, 0.2) is 9.63 Å². The summed E-state index contributed by atoms with van der Waals surface area (Å²) < 4.78 is 42.0. The summed E-state index contributed by atoms with van der Waals surface area (Å²) in [7, 11) is -2.10. The van der Waals surface area contributed by atoms with E-state index in [1.165, 1.54) is 16.7 Å². The lowest BCUT2D eigenvalue weighted by Gasteiger charge is -2.37. The lowest BCUT2D eigenvalue weighted by molar-refractivity contribution is -0.153. The Hall–Kier alpha value is -1.01. The van der Waals surface area contributed by atoms with Gasteiger partial charge in [0.25, 0.3) is 0 Å². The molecular formula is C23H33BrClF2N3O3SSi. The van der Waals surface area contributed by atoms with Crippen molar-refractivity contribution in [1.29, 1.82) is 0 Å². The minimum Gasteiger partial charge on any atom is -0.459 e. The molecule has 1 aromatic carbocycles. The van der Waals surface area contributed by atoms with Gasteiger partial charge in [0.1, 0.15) is 23.5 Å². The van der Waals surface area contributed by atoms with Crippen LogP contribution in [-0.4, -0.2) is 55.8 Å². The molecule has 0 bridgehead atoms. The first-order valence-corrected chi connectivity index (χ1v) is 16.4. The Kier molecular flexibility index (Phi) is 9.64. The maximum absolute atomic E-state index is 15.4. The zero-order chi connectivity index (χ0) is 26.9. The van der Waals surface area contributed by atoms with Gasteiger partial charge >= 0.3 is 5.97 Å². The minimum absolute atomic E-state index is 0.0222. The van der Waals surface area contributed by atoms with Gasteiger partial charge in [0.2, 0.25) is 0 Å². The maximum Gasteiger partial charge on any atom is 0.326 e. The Balaban J connectivity index is 2.61. The molecule has 0 radical (unpaired) electrons. The topological polar surface area (TPSA) is 64.6 Å². The van der Waals surface area contributed by atoms with Crippen molar-refractivity contribution in [2.75, 3.05) is 30.9 Å². The Morgan fingerprint density at radius 3 is 2.26 bits per heavy atom. The zero-order valence-corrected chi connectivity index (χ0v) is 25.8. The fourth-order valence-corrected chi connectivity index (χ4v) is 4.87. The van der Waals surface area contributed by atoms with Crippen LogP contribution in [-0.2, 0) is 14.0 Å². The number of benzene rings is 1. The number of aromatic nitrogens is 2. The van der Waals surface area contributed by atoms with E-state index in [1.807, 2.05) is 0 Å². The van der Waals surface area contributed by atoms with Crippen LogP contribution in [0.3, 0.4) is 0 Å². The largest absolute Gasteiger partial charge is 0.459 e. The summed E-state index contributed by atoms with van der Waals surface area (Å²) in [6.07, 6.45) is 1.73. The molecule has 0 saturated carbocycles. The second kappa shape index (κ2) is 11.2. The summed E-state index contributed by atoms with van der Waals surface area (Å²) in [5.74, 6) is -2.17. The molecule has 0 unspecified atom stereocenters. The molecule has 0 atom stereocenters. The van der Waals surface area contributed by atoms with E-state index in [9.17, 15) is 4.79 Å². The first kappa shape index (κ1) is 30.2. The Labute approximate surface area is 224 Å². The smallest absolute Gasteiger partial charge is 0.326 e. The third-order valence-corrected chi connectivity index (χ3v) is 12.1. The van der Waals surface area contributed by atoms with Crippen molar-refractivity contribution in [3.05, 3.63) is 21.1 Å². The summed E-state index contributed by atoms with van der Waals surface area (Å²) in [6.45, 7) is 16.1. The number of nitrogens with zero attached hydrogens (tertiary/aromatic N) is 3. The first-order chi connectivity index (χ1) is 15.9. The van der Waals surface area contributed by atoms with E-state index in [0.717, 1.165) is 0 Å². The summed E-state index contributed by atoms with van der Waals surface area (Å²) in [6, 6.07) is 0. The highest BCUT2D eigenvalue weighted by Crippen LogP contribution is 2.40. The number of carbonyl (C=O) groups excluding carboxylic acids is 1. The summed E-state index contributed by atoms with van der Waals surface area (Å²) in [4.78, 5) is 22.9. The number of anilines is 1. The summed E-state index contributed by atoms with van der Waals surface area (Å²) in [5, 5.41) is -0.429. The van der Waals surface area contributed by atoms with Crippen LogP contribution in [0.5, 0.6) is 0 Å². The van der Waals surface area contributed by atoms with Gasteiger partial charge in [0.05, 0.1) is 21.5 Å². The van der Waals surface area contributed by atoms with Gasteiger partial charge in [-0.15, -0.1) is 0 Å². The Morgan fingerprint density at radius 2 is 1.74 bits per heavy atom. The molecule has 0 N–H and O–H groups in total. The lowest BCUT2D eigenvalue weighted by Crippen LogP contribution is -2.44. The number of ether oxygens (including phenoxy) is 1. The fraction of sp³-hybridized carbons (Fsp3) is 0.609. The Morgan fingerprint density at radius 1 is 1.14 bits per heavy atom. The van der Waals surface area contributed by atoms with Gasteiger partial charge in [0, 0.05) is 6.54 Å². The van der Waals surface area contributed by atoms with E-state index in [1.54, 1.807) is 27.0 Å². The quantitative estimate of drug-likeness (QED) is 0.0779. The van der Waals surface area contributed by atoms with Crippen molar-refractivity contribution in [2.45, 2.75) is 70.4 Å².